The van der Waals surface area contributed by atoms with Crippen LogP contribution in [-0.4, -0.2) is 12.1 Å². The number of rotatable bonds is 3. The Hall–Kier alpha value is -0.530. The smallest absolute Gasteiger partial charge is 0.0406 e. The summed E-state index contributed by atoms with van der Waals surface area (Å²) < 4.78 is 0. The maximum absolute atomic E-state index is 5.94. The monoisotopic (exact) mass is 251 g/mol. The molecule has 0 aromatic heterocycles. The van der Waals surface area contributed by atoms with E-state index >= 15 is 0 Å². The predicted molar refractivity (Wildman–Crippen MR) is 74.6 cm³/mol. The normalized spacial score (nSPS) is 25.2. The minimum atomic E-state index is 0.284. The van der Waals surface area contributed by atoms with Crippen molar-refractivity contribution in [3.05, 3.63) is 34.9 Å². The molecule has 2 rings (SSSR count). The van der Waals surface area contributed by atoms with E-state index in [9.17, 15) is 0 Å². The van der Waals surface area contributed by atoms with Gasteiger partial charge in [0, 0.05) is 10.6 Å². The molecule has 1 unspecified atom stereocenters. The summed E-state index contributed by atoms with van der Waals surface area (Å²) in [6.07, 6.45) is 5.06. The largest absolute Gasteiger partial charge is 0.311 e. The van der Waals surface area contributed by atoms with Gasteiger partial charge in [-0.25, -0.2) is 0 Å². The van der Waals surface area contributed by atoms with E-state index in [0.29, 0.717) is 5.92 Å². The molecule has 0 aliphatic carbocycles. The first-order chi connectivity index (χ1) is 8.12. The van der Waals surface area contributed by atoms with Crippen molar-refractivity contribution in [1.29, 1.82) is 0 Å². The lowest BCUT2D eigenvalue weighted by molar-refractivity contribution is 0.182. The van der Waals surface area contributed by atoms with Crippen LogP contribution < -0.4 is 5.32 Å². The predicted octanol–water partition coefficient (Wildman–Crippen LogP) is 4.05. The van der Waals surface area contributed by atoms with Gasteiger partial charge in [-0.1, -0.05) is 44.0 Å². The molecule has 0 spiro atoms. The molecule has 1 fully saturated rings. The molecule has 94 valence electrons. The summed E-state index contributed by atoms with van der Waals surface area (Å²) in [7, 11) is 0. The third kappa shape index (κ3) is 3.02. The number of hydrogen-bond acceptors (Lipinski definition) is 1. The average Bonchev–Trinajstić information content (AvgIpc) is 2.33. The standard InChI is InChI=1S/C15H22ClN/c1-12(2)15(9-3-4-10-17-15)11-13-5-7-14(16)8-6-13/h5-8,12,17H,3-4,9-11H2,1-2H3. The van der Waals surface area contributed by atoms with Crippen molar-refractivity contribution in [3.8, 4) is 0 Å². The van der Waals surface area contributed by atoms with E-state index in [4.69, 9.17) is 11.6 Å². The van der Waals surface area contributed by atoms with Gasteiger partial charge in [-0.2, -0.15) is 0 Å². The van der Waals surface area contributed by atoms with Gasteiger partial charge in [0.15, 0.2) is 0 Å². The molecule has 0 saturated carbocycles. The van der Waals surface area contributed by atoms with Crippen molar-refractivity contribution >= 4 is 11.6 Å². The second kappa shape index (κ2) is 5.41. The number of piperidine rings is 1. The highest BCUT2D eigenvalue weighted by Crippen LogP contribution is 2.31. The van der Waals surface area contributed by atoms with Gasteiger partial charge in [-0.3, -0.25) is 0 Å². The first-order valence-electron chi connectivity index (χ1n) is 6.62. The average molecular weight is 252 g/mol. The van der Waals surface area contributed by atoms with Crippen molar-refractivity contribution in [2.45, 2.75) is 45.1 Å². The van der Waals surface area contributed by atoms with Crippen molar-refractivity contribution in [2.24, 2.45) is 5.92 Å². The molecule has 1 aliphatic rings. The summed E-state index contributed by atoms with van der Waals surface area (Å²) in [6.45, 7) is 5.81. The Morgan fingerprint density at radius 2 is 1.94 bits per heavy atom. The highest BCUT2D eigenvalue weighted by molar-refractivity contribution is 6.30. The van der Waals surface area contributed by atoms with Crippen molar-refractivity contribution in [3.63, 3.8) is 0 Å². The molecule has 1 aromatic carbocycles. The number of nitrogens with one attached hydrogen (secondary N) is 1. The maximum atomic E-state index is 5.94. The second-order valence-corrected chi connectivity index (χ2v) is 5.93. The molecule has 1 aliphatic heterocycles. The quantitative estimate of drug-likeness (QED) is 0.855. The van der Waals surface area contributed by atoms with Gasteiger partial charge in [0.2, 0.25) is 0 Å². The number of halogens is 1. The summed E-state index contributed by atoms with van der Waals surface area (Å²) in [6, 6.07) is 8.30. The van der Waals surface area contributed by atoms with E-state index in [0.717, 1.165) is 18.0 Å². The van der Waals surface area contributed by atoms with E-state index in [1.165, 1.54) is 24.8 Å². The summed E-state index contributed by atoms with van der Waals surface area (Å²) in [4.78, 5) is 0. The Labute approximate surface area is 110 Å². The molecule has 1 saturated heterocycles. The third-order valence-corrected chi connectivity index (χ3v) is 4.32. The summed E-state index contributed by atoms with van der Waals surface area (Å²) >= 11 is 5.94. The van der Waals surface area contributed by atoms with Gasteiger partial charge in [-0.15, -0.1) is 0 Å². The summed E-state index contributed by atoms with van der Waals surface area (Å²) in [5.41, 5.74) is 1.67. The lowest BCUT2D eigenvalue weighted by atomic mass is 9.75. The Kier molecular flexibility index (Phi) is 4.11. The lowest BCUT2D eigenvalue weighted by Gasteiger charge is -2.42. The van der Waals surface area contributed by atoms with Crippen molar-refractivity contribution in [2.75, 3.05) is 6.54 Å². The van der Waals surface area contributed by atoms with Gasteiger partial charge in [0.05, 0.1) is 0 Å². The Morgan fingerprint density at radius 3 is 2.47 bits per heavy atom. The van der Waals surface area contributed by atoms with E-state index in [1.54, 1.807) is 0 Å². The molecule has 1 N–H and O–H groups in total. The van der Waals surface area contributed by atoms with Crippen LogP contribution in [0.3, 0.4) is 0 Å². The molecule has 0 amide bonds. The Balaban J connectivity index is 2.14. The fourth-order valence-electron chi connectivity index (χ4n) is 2.81. The lowest BCUT2D eigenvalue weighted by Crippen LogP contribution is -2.54. The van der Waals surface area contributed by atoms with E-state index < -0.39 is 0 Å². The van der Waals surface area contributed by atoms with Crippen molar-refractivity contribution in [1.82, 2.24) is 5.32 Å². The van der Waals surface area contributed by atoms with Gasteiger partial charge < -0.3 is 5.32 Å². The van der Waals surface area contributed by atoms with E-state index in [-0.39, 0.29) is 5.54 Å². The zero-order valence-electron chi connectivity index (χ0n) is 10.8. The molecule has 2 heteroatoms. The molecule has 1 aromatic rings. The van der Waals surface area contributed by atoms with Crippen LogP contribution in [-0.2, 0) is 6.42 Å². The van der Waals surface area contributed by atoms with Crippen LogP contribution in [0.2, 0.25) is 5.02 Å². The summed E-state index contributed by atoms with van der Waals surface area (Å²) in [5, 5.41) is 4.59. The SMILES string of the molecule is CC(C)C1(Cc2ccc(Cl)cc2)CCCCN1. The fraction of sp³-hybridized carbons (Fsp3) is 0.600. The molecule has 1 nitrogen and oxygen atoms in total. The molecular formula is C15H22ClN. The van der Waals surface area contributed by atoms with E-state index in [2.05, 4.69) is 31.3 Å². The minimum Gasteiger partial charge on any atom is -0.311 e. The highest BCUT2D eigenvalue weighted by atomic mass is 35.5. The van der Waals surface area contributed by atoms with Crippen LogP contribution in [0.15, 0.2) is 24.3 Å². The molecule has 17 heavy (non-hydrogen) atoms. The van der Waals surface area contributed by atoms with Crippen LogP contribution in [0, 0.1) is 5.92 Å². The third-order valence-electron chi connectivity index (χ3n) is 4.06. The Bertz CT molecular complexity index is 350. The zero-order valence-corrected chi connectivity index (χ0v) is 11.6. The van der Waals surface area contributed by atoms with Crippen LogP contribution >= 0.6 is 11.6 Å². The molecule has 0 radical (unpaired) electrons. The van der Waals surface area contributed by atoms with Crippen LogP contribution in [0.25, 0.3) is 0 Å². The van der Waals surface area contributed by atoms with Gasteiger partial charge >= 0.3 is 0 Å². The molecule has 1 heterocycles. The van der Waals surface area contributed by atoms with Gasteiger partial charge in [0.1, 0.15) is 0 Å². The van der Waals surface area contributed by atoms with Crippen molar-refractivity contribution < 1.29 is 0 Å². The fourth-order valence-corrected chi connectivity index (χ4v) is 2.93. The Morgan fingerprint density at radius 1 is 1.24 bits per heavy atom. The topological polar surface area (TPSA) is 12.0 Å². The molecule has 0 bridgehead atoms. The maximum Gasteiger partial charge on any atom is 0.0406 e. The number of benzene rings is 1. The van der Waals surface area contributed by atoms with Crippen LogP contribution in [0.4, 0.5) is 0 Å². The second-order valence-electron chi connectivity index (χ2n) is 5.50. The minimum absolute atomic E-state index is 0.284. The first kappa shape index (κ1) is 12.9. The van der Waals surface area contributed by atoms with Gasteiger partial charge in [-0.05, 0) is 49.4 Å². The van der Waals surface area contributed by atoms with Gasteiger partial charge in [0.25, 0.3) is 0 Å². The number of hydrogen-bond donors (Lipinski definition) is 1. The van der Waals surface area contributed by atoms with E-state index in [1.807, 2.05) is 12.1 Å². The molecular weight excluding hydrogens is 230 g/mol. The van der Waals surface area contributed by atoms with Crippen LogP contribution in [0.5, 0.6) is 0 Å². The zero-order chi connectivity index (χ0) is 12.3. The first-order valence-corrected chi connectivity index (χ1v) is 7.00. The summed E-state index contributed by atoms with van der Waals surface area (Å²) in [5.74, 6) is 0.665. The highest BCUT2D eigenvalue weighted by Gasteiger charge is 2.34. The molecule has 1 atom stereocenters. The van der Waals surface area contributed by atoms with Crippen LogP contribution in [0.1, 0.15) is 38.7 Å².